The molecule has 0 amide bonds. The molecule has 10 nitrogen and oxygen atoms in total. The molecule has 0 saturated carbocycles. The number of hydrogen-bond donors (Lipinski definition) is 0. The first-order chi connectivity index (χ1) is 60.5. The number of hydrogen-bond acceptors (Lipinski definition) is 6. The summed E-state index contributed by atoms with van der Waals surface area (Å²) in [4.78, 5) is 18.7. The molecule has 0 aliphatic rings. The third kappa shape index (κ3) is 10.8. The third-order valence-corrected chi connectivity index (χ3v) is 24.9. The number of fused-ring (bicyclic) bond motifs is 20. The molecule has 122 heavy (non-hydrogen) atoms. The Bertz CT molecular complexity index is 8340. The molecule has 568 valence electrons. The molecule has 18 aromatic carbocycles. The van der Waals surface area contributed by atoms with Crippen LogP contribution in [0.4, 0.5) is 0 Å². The third-order valence-electron chi connectivity index (χ3n) is 24.9. The molecule has 8 heterocycles. The van der Waals surface area contributed by atoms with Gasteiger partial charge in [0, 0.05) is 87.1 Å². The Kier molecular flexibility index (Phi) is 15.5. The topological polar surface area (TPSA) is 97.6 Å². The van der Waals surface area contributed by atoms with Crippen LogP contribution in [0.1, 0.15) is 0 Å². The van der Waals surface area contributed by atoms with E-state index in [2.05, 4.69) is 380 Å². The van der Waals surface area contributed by atoms with E-state index in [1.165, 1.54) is 131 Å². The molecule has 0 aliphatic carbocycles. The molecule has 0 radical (unpaired) electrons. The predicted octanol–water partition coefficient (Wildman–Crippen LogP) is 29.4. The van der Waals surface area contributed by atoms with Crippen LogP contribution in [-0.2, 0) is 0 Å². The normalized spacial score (nSPS) is 11.9. The van der Waals surface area contributed by atoms with Crippen molar-refractivity contribution in [2.45, 2.75) is 0 Å². The summed E-state index contributed by atoms with van der Waals surface area (Å²) in [6, 6.07) is 144. The minimum absolute atomic E-state index is 0.701. The van der Waals surface area contributed by atoms with Crippen LogP contribution >= 0.6 is 0 Å². The quantitative estimate of drug-likeness (QED) is 0.135. The van der Waals surface area contributed by atoms with Gasteiger partial charge in [0.05, 0.1) is 55.5 Å². The van der Waals surface area contributed by atoms with Gasteiger partial charge in [0.15, 0.2) is 11.2 Å². The minimum atomic E-state index is 0.701. The number of benzene rings is 18. The van der Waals surface area contributed by atoms with Crippen molar-refractivity contribution < 1.29 is 8.83 Å². The van der Waals surface area contributed by atoms with Crippen molar-refractivity contribution in [2.75, 3.05) is 0 Å². The molecule has 0 saturated heterocycles. The number of rotatable bonds is 10. The van der Waals surface area contributed by atoms with Gasteiger partial charge in [0.1, 0.15) is 46.2 Å². The molecule has 10 heteroatoms. The van der Waals surface area contributed by atoms with Crippen LogP contribution in [0.2, 0.25) is 0 Å². The summed E-state index contributed by atoms with van der Waals surface area (Å²) in [5, 5.41) is 16.6. The summed E-state index contributed by atoms with van der Waals surface area (Å²) in [5.74, 6) is 0. The molecule has 0 spiro atoms. The van der Waals surface area contributed by atoms with Crippen molar-refractivity contribution in [2.24, 2.45) is 0 Å². The van der Waals surface area contributed by atoms with Crippen LogP contribution in [-0.4, -0.2) is 38.2 Å². The summed E-state index contributed by atoms with van der Waals surface area (Å²) in [6.07, 6.45) is 3.27. The van der Waals surface area contributed by atoms with Crippen LogP contribution in [0.15, 0.2) is 422 Å². The number of nitrogens with zero attached hydrogens (tertiary/aromatic N) is 8. The molecule has 0 unspecified atom stereocenters. The second kappa shape index (κ2) is 27.5. The lowest BCUT2D eigenvalue weighted by Gasteiger charge is -2.15. The van der Waals surface area contributed by atoms with E-state index in [1.54, 1.807) is 12.7 Å². The fourth-order valence-corrected chi connectivity index (χ4v) is 19.4. The summed E-state index contributed by atoms with van der Waals surface area (Å²) < 4.78 is 22.3. The number of para-hydroxylation sites is 8. The fourth-order valence-electron chi connectivity index (χ4n) is 19.4. The molecule has 26 rings (SSSR count). The maximum absolute atomic E-state index is 6.33. The van der Waals surface area contributed by atoms with Crippen molar-refractivity contribution in [3.63, 3.8) is 0 Å². The molecule has 0 bridgehead atoms. The Morgan fingerprint density at radius 1 is 0.180 bits per heavy atom. The van der Waals surface area contributed by atoms with Gasteiger partial charge in [-0.2, -0.15) is 0 Å². The largest absolute Gasteiger partial charge is 0.452 e. The minimum Gasteiger partial charge on any atom is -0.452 e. The van der Waals surface area contributed by atoms with E-state index >= 15 is 0 Å². The zero-order valence-electron chi connectivity index (χ0n) is 65.7. The molecule has 0 N–H and O–H groups in total. The van der Waals surface area contributed by atoms with Crippen LogP contribution in [0.25, 0.3) is 243 Å². The van der Waals surface area contributed by atoms with Crippen molar-refractivity contribution in [3.8, 4) is 89.8 Å². The predicted molar refractivity (Wildman–Crippen MR) is 504 cm³/mol. The van der Waals surface area contributed by atoms with Crippen molar-refractivity contribution in [1.82, 2.24) is 38.2 Å². The van der Waals surface area contributed by atoms with Crippen molar-refractivity contribution >= 4 is 153 Å². The zero-order valence-corrected chi connectivity index (χ0v) is 65.7. The monoisotopic (exact) mass is 1560 g/mol. The van der Waals surface area contributed by atoms with E-state index in [-0.39, 0.29) is 0 Å². The van der Waals surface area contributed by atoms with E-state index < -0.39 is 0 Å². The van der Waals surface area contributed by atoms with E-state index in [1.807, 2.05) is 48.5 Å². The average Bonchev–Trinajstić information content (AvgIpc) is 1.59. The lowest BCUT2D eigenvalue weighted by molar-refractivity contribution is 0.667. The molecule has 0 aliphatic heterocycles. The highest BCUT2D eigenvalue weighted by Gasteiger charge is 2.24. The summed E-state index contributed by atoms with van der Waals surface area (Å²) in [7, 11) is 0. The lowest BCUT2D eigenvalue weighted by Crippen LogP contribution is -1.96. The Balaban J connectivity index is 0.000000134. The van der Waals surface area contributed by atoms with Gasteiger partial charge in [-0.3, -0.25) is 0 Å². The van der Waals surface area contributed by atoms with Crippen LogP contribution in [0.5, 0.6) is 0 Å². The zero-order chi connectivity index (χ0) is 80.0. The second-order valence-corrected chi connectivity index (χ2v) is 31.5. The SMILES string of the molecule is c1ccc(-n2c3ccccc3c3cc(-c4ccc5c(c4)c4ccccc4n5-c4ccc(-c5cccc(-c6ncnc7c6oc6ccccc67)c5)c5ccccc45)ccc32)cc1.c1ccc(-n2c3ccccc3c3cc(-c4ccc5c(c4)c4ccccc4n5-c4cccc5c(-c6cccc(-c7ncnc8c7oc7ccccc78)c6)cccc45)ccc32)cc1. The van der Waals surface area contributed by atoms with Gasteiger partial charge in [-0.15, -0.1) is 0 Å². The fraction of sp³-hybridized carbons (Fsp3) is 0. The summed E-state index contributed by atoms with van der Waals surface area (Å²) in [5.41, 5.74) is 31.6. The van der Waals surface area contributed by atoms with Gasteiger partial charge in [-0.25, -0.2) is 19.9 Å². The van der Waals surface area contributed by atoms with Crippen LogP contribution < -0.4 is 0 Å². The van der Waals surface area contributed by atoms with Crippen LogP contribution in [0.3, 0.4) is 0 Å². The van der Waals surface area contributed by atoms with E-state index in [0.29, 0.717) is 11.2 Å². The maximum atomic E-state index is 6.33. The van der Waals surface area contributed by atoms with E-state index in [4.69, 9.17) is 18.8 Å². The first kappa shape index (κ1) is 68.6. The molecule has 0 fully saturated rings. The van der Waals surface area contributed by atoms with Crippen molar-refractivity contribution in [3.05, 3.63) is 413 Å². The average molecular weight is 1560 g/mol. The molecule has 0 atom stereocenters. The maximum Gasteiger partial charge on any atom is 0.180 e. The lowest BCUT2D eigenvalue weighted by atomic mass is 9.95. The summed E-state index contributed by atoms with van der Waals surface area (Å²) in [6.45, 7) is 0. The number of furan rings is 2. The first-order valence-corrected chi connectivity index (χ1v) is 41.3. The molecule has 8 aromatic heterocycles. The Labute approximate surface area is 698 Å². The van der Waals surface area contributed by atoms with Crippen LogP contribution in [0, 0.1) is 0 Å². The van der Waals surface area contributed by atoms with E-state index in [9.17, 15) is 0 Å². The molecule has 26 aromatic rings. The standard InChI is InChI=1S/2C56H34N4O/c1-2-15-39(16-3-1)59-48-23-7-4-17-43(48)46-32-35(27-29-51(46)59)36-28-30-52-47(33-36)44-18-5-8-24-49(44)60(52)50-25-12-21-41-40(20-11-22-42(41)50)37-13-10-14-38(31-37)54-56-55(58-34-57-54)45-19-6-9-26-53(45)61-56;1-2-15-39(16-3-1)59-48-22-9-6-19-43(48)46-32-35(25-28-51(46)59)36-26-29-52-47(33-36)44-20-7-10-23-49(44)60(52)50-30-27-40(41-17-4-5-18-42(41)50)37-13-12-14-38(31-37)54-56-55(58-34-57-54)45-21-8-11-24-53(45)61-56/h2*1-34H. The van der Waals surface area contributed by atoms with Gasteiger partial charge in [-0.05, 0) is 201 Å². The molecular weight excluding hydrogens is 1490 g/mol. The van der Waals surface area contributed by atoms with Gasteiger partial charge < -0.3 is 27.1 Å². The molecular formula is C112H68N8O2. The Morgan fingerprint density at radius 3 is 0.934 bits per heavy atom. The van der Waals surface area contributed by atoms with Crippen molar-refractivity contribution in [1.29, 1.82) is 0 Å². The van der Waals surface area contributed by atoms with Gasteiger partial charge in [0.25, 0.3) is 0 Å². The summed E-state index contributed by atoms with van der Waals surface area (Å²) >= 11 is 0. The van der Waals surface area contributed by atoms with Gasteiger partial charge in [-0.1, -0.05) is 255 Å². The van der Waals surface area contributed by atoms with E-state index in [0.717, 1.165) is 100 Å². The second-order valence-electron chi connectivity index (χ2n) is 31.5. The Hall–Kier alpha value is -16.6. The van der Waals surface area contributed by atoms with Gasteiger partial charge >= 0.3 is 0 Å². The Morgan fingerprint density at radius 2 is 0.492 bits per heavy atom. The highest BCUT2D eigenvalue weighted by atomic mass is 16.3. The smallest absolute Gasteiger partial charge is 0.180 e. The highest BCUT2D eigenvalue weighted by molar-refractivity contribution is 6.18. The number of aromatic nitrogens is 8. The first-order valence-electron chi connectivity index (χ1n) is 41.3. The van der Waals surface area contributed by atoms with Gasteiger partial charge in [0.2, 0.25) is 0 Å². The highest BCUT2D eigenvalue weighted by Crippen LogP contribution is 2.46.